The highest BCUT2D eigenvalue weighted by Crippen LogP contribution is 2.68. The van der Waals surface area contributed by atoms with E-state index in [9.17, 15) is 0 Å². The summed E-state index contributed by atoms with van der Waals surface area (Å²) in [6.07, 6.45) is 1.35. The molecule has 4 aliphatic heterocycles. The summed E-state index contributed by atoms with van der Waals surface area (Å²) in [7, 11) is 0. The molecule has 0 fully saturated rings. The van der Waals surface area contributed by atoms with Crippen molar-refractivity contribution in [1.29, 1.82) is 0 Å². The average Bonchev–Trinajstić information content (AvgIpc) is 3.00. The molecule has 0 nitrogen and oxygen atoms in total. The van der Waals surface area contributed by atoms with Crippen LogP contribution >= 0.6 is 94.1 Å². The SMILES string of the molecule is C1CSC2=C(SC1)SC(=C1SC3=C(SCS3)S1)S2. The number of hydrogen-bond donors (Lipinski definition) is 0. The van der Waals surface area contributed by atoms with Gasteiger partial charge in [-0.15, -0.1) is 47.0 Å². The molecule has 0 atom stereocenters. The minimum atomic E-state index is 1.22. The van der Waals surface area contributed by atoms with Gasteiger partial charge in [0.15, 0.2) is 0 Å². The summed E-state index contributed by atoms with van der Waals surface area (Å²) in [5.41, 5.74) is 0. The maximum Gasteiger partial charge on any atom is 0.0717 e. The number of rotatable bonds is 0. The Bertz CT molecular complexity index is 450. The van der Waals surface area contributed by atoms with Crippen molar-refractivity contribution >= 4 is 94.1 Å². The van der Waals surface area contributed by atoms with E-state index in [-0.39, 0.29) is 0 Å². The van der Waals surface area contributed by atoms with Crippen molar-refractivity contribution in [3.63, 3.8) is 0 Å². The van der Waals surface area contributed by atoms with Crippen LogP contribution in [0, 0.1) is 0 Å². The quantitative estimate of drug-likeness (QED) is 0.450. The van der Waals surface area contributed by atoms with Crippen molar-refractivity contribution in [2.45, 2.75) is 6.42 Å². The summed E-state index contributed by atoms with van der Waals surface area (Å²) in [6.45, 7) is 0. The van der Waals surface area contributed by atoms with Gasteiger partial charge in [-0.25, -0.2) is 0 Å². The van der Waals surface area contributed by atoms with Crippen molar-refractivity contribution in [2.24, 2.45) is 0 Å². The van der Waals surface area contributed by atoms with Gasteiger partial charge < -0.3 is 0 Å². The van der Waals surface area contributed by atoms with Crippen LogP contribution in [0.3, 0.4) is 0 Å². The second-order valence-electron chi connectivity index (χ2n) is 3.59. The fourth-order valence-corrected chi connectivity index (χ4v) is 14.3. The molecular formula is C10H8S8. The third-order valence-corrected chi connectivity index (χ3v) is 14.3. The van der Waals surface area contributed by atoms with Crippen LogP contribution < -0.4 is 0 Å². The molecule has 0 saturated heterocycles. The first-order valence-corrected chi connectivity index (χ1v) is 12.6. The highest BCUT2D eigenvalue weighted by Gasteiger charge is 2.33. The minimum absolute atomic E-state index is 1.22. The van der Waals surface area contributed by atoms with E-state index in [2.05, 4.69) is 23.5 Å². The predicted molar refractivity (Wildman–Crippen MR) is 101 cm³/mol. The Morgan fingerprint density at radius 3 is 1.44 bits per heavy atom. The summed E-state index contributed by atoms with van der Waals surface area (Å²) >= 11 is 16.2. The van der Waals surface area contributed by atoms with Gasteiger partial charge in [0.25, 0.3) is 0 Å². The van der Waals surface area contributed by atoms with Gasteiger partial charge >= 0.3 is 0 Å². The first-order valence-electron chi connectivity index (χ1n) is 5.35. The number of hydrogen-bond acceptors (Lipinski definition) is 8. The fourth-order valence-electron chi connectivity index (χ4n) is 1.59. The van der Waals surface area contributed by atoms with Crippen LogP contribution in [0.15, 0.2) is 25.4 Å². The third kappa shape index (κ3) is 2.69. The highest BCUT2D eigenvalue weighted by molar-refractivity contribution is 8.47. The Hall–Kier alpha value is 2.02. The molecule has 0 bridgehead atoms. The van der Waals surface area contributed by atoms with E-state index in [1.165, 1.54) is 31.5 Å². The van der Waals surface area contributed by atoms with Gasteiger partial charge in [-0.1, -0.05) is 47.0 Å². The van der Waals surface area contributed by atoms with E-state index in [4.69, 9.17) is 0 Å². The zero-order chi connectivity index (χ0) is 11.9. The van der Waals surface area contributed by atoms with E-state index in [0.29, 0.717) is 0 Å². The number of thioether (sulfide) groups is 8. The molecule has 0 saturated carbocycles. The summed E-state index contributed by atoms with van der Waals surface area (Å²) in [6, 6.07) is 0. The lowest BCUT2D eigenvalue weighted by atomic mass is 10.6. The van der Waals surface area contributed by atoms with Crippen molar-refractivity contribution in [1.82, 2.24) is 0 Å². The maximum atomic E-state index is 2.06. The van der Waals surface area contributed by atoms with Gasteiger partial charge in [0, 0.05) is 5.08 Å². The molecular weight excluding hydrogens is 377 g/mol. The molecule has 18 heavy (non-hydrogen) atoms. The summed E-state index contributed by atoms with van der Waals surface area (Å²) in [5, 5.41) is 1.22. The zero-order valence-electron chi connectivity index (χ0n) is 9.09. The Morgan fingerprint density at radius 2 is 0.944 bits per heavy atom. The topological polar surface area (TPSA) is 0 Å². The second-order valence-corrected chi connectivity index (χ2v) is 13.8. The Kier molecular flexibility index (Phi) is 4.57. The van der Waals surface area contributed by atoms with Crippen molar-refractivity contribution < 1.29 is 0 Å². The van der Waals surface area contributed by atoms with Crippen LogP contribution in [0.5, 0.6) is 0 Å². The highest BCUT2D eigenvalue weighted by atomic mass is 32.3. The lowest BCUT2D eigenvalue weighted by molar-refractivity contribution is 1.13. The average molecular weight is 385 g/mol. The van der Waals surface area contributed by atoms with Gasteiger partial charge in [0.1, 0.15) is 0 Å². The molecule has 0 spiro atoms. The van der Waals surface area contributed by atoms with Crippen LogP contribution in [0.25, 0.3) is 0 Å². The van der Waals surface area contributed by atoms with Gasteiger partial charge in [-0.05, 0) is 17.9 Å². The predicted octanol–water partition coefficient (Wildman–Crippen LogP) is 6.63. The van der Waals surface area contributed by atoms with Crippen molar-refractivity contribution in [3.05, 3.63) is 25.4 Å². The Morgan fingerprint density at radius 1 is 0.500 bits per heavy atom. The summed E-state index contributed by atoms with van der Waals surface area (Å²) < 4.78 is 9.31. The first kappa shape index (κ1) is 13.7. The third-order valence-electron chi connectivity index (χ3n) is 2.38. The van der Waals surface area contributed by atoms with E-state index in [1.807, 2.05) is 70.6 Å². The van der Waals surface area contributed by atoms with E-state index in [0.717, 1.165) is 0 Å². The molecule has 0 aromatic rings. The van der Waals surface area contributed by atoms with Crippen LogP contribution in [0.1, 0.15) is 6.42 Å². The molecule has 96 valence electrons. The first-order chi connectivity index (χ1) is 8.90. The monoisotopic (exact) mass is 384 g/mol. The molecule has 0 N–H and O–H groups in total. The van der Waals surface area contributed by atoms with Crippen LogP contribution in [0.4, 0.5) is 0 Å². The minimum Gasteiger partial charge on any atom is -0.117 e. The van der Waals surface area contributed by atoms with Gasteiger partial charge in [-0.3, -0.25) is 0 Å². The van der Waals surface area contributed by atoms with E-state index >= 15 is 0 Å². The second kappa shape index (κ2) is 6.02. The molecule has 0 aromatic carbocycles. The molecule has 4 rings (SSSR count). The molecule has 0 amide bonds. The molecule has 4 heterocycles. The summed E-state index contributed by atoms with van der Waals surface area (Å²) in [5.74, 6) is 2.59. The van der Waals surface area contributed by atoms with Crippen LogP contribution in [0.2, 0.25) is 0 Å². The van der Waals surface area contributed by atoms with Gasteiger partial charge in [-0.2, -0.15) is 0 Å². The normalized spacial score (nSPS) is 28.0. The molecule has 0 unspecified atom stereocenters. The van der Waals surface area contributed by atoms with Crippen molar-refractivity contribution in [3.8, 4) is 0 Å². The molecule has 0 aromatic heterocycles. The smallest absolute Gasteiger partial charge is 0.0717 e. The lowest BCUT2D eigenvalue weighted by Gasteiger charge is -2.04. The van der Waals surface area contributed by atoms with Gasteiger partial charge in [0.05, 0.1) is 25.4 Å². The van der Waals surface area contributed by atoms with Gasteiger partial charge in [0.2, 0.25) is 0 Å². The lowest BCUT2D eigenvalue weighted by Crippen LogP contribution is -1.79. The Balaban J connectivity index is 1.53. The Labute approximate surface area is 141 Å². The standard InChI is InChI=1S/C10H8S8/c1-2-11-5-6(12-3-1)16-9(15-5)10-17-7-8(18-10)14-4-13-7/h1-4H2. The molecule has 8 heteroatoms. The van der Waals surface area contributed by atoms with E-state index < -0.39 is 0 Å². The maximum absolute atomic E-state index is 2.06. The molecule has 4 aliphatic rings. The molecule has 0 aliphatic carbocycles. The fraction of sp³-hybridized carbons (Fsp3) is 0.400. The van der Waals surface area contributed by atoms with Crippen LogP contribution in [-0.2, 0) is 0 Å². The molecule has 0 radical (unpaired) electrons. The van der Waals surface area contributed by atoms with Crippen molar-refractivity contribution in [2.75, 3.05) is 16.6 Å². The largest absolute Gasteiger partial charge is 0.117 e. The van der Waals surface area contributed by atoms with E-state index in [1.54, 1.807) is 16.9 Å². The summed E-state index contributed by atoms with van der Waals surface area (Å²) in [4.78, 5) is 0. The van der Waals surface area contributed by atoms with Crippen LogP contribution in [-0.4, -0.2) is 16.6 Å². The zero-order valence-corrected chi connectivity index (χ0v) is 15.6.